The highest BCUT2D eigenvalue weighted by Crippen LogP contribution is 2.19. The molecule has 2 aromatic carbocycles. The zero-order valence-corrected chi connectivity index (χ0v) is 20.2. The fourth-order valence-electron chi connectivity index (χ4n) is 3.11. The first kappa shape index (κ1) is 25.8. The summed E-state index contributed by atoms with van der Waals surface area (Å²) >= 11 is 0. The largest absolute Gasteiger partial charge is 0.438 e. The van der Waals surface area contributed by atoms with Crippen LogP contribution in [0.15, 0.2) is 64.1 Å². The lowest BCUT2D eigenvalue weighted by molar-refractivity contribution is 0.135. The summed E-state index contributed by atoms with van der Waals surface area (Å²) < 4.78 is 45.5. The van der Waals surface area contributed by atoms with Crippen LogP contribution in [0.1, 0.15) is 23.6 Å². The number of benzene rings is 2. The Morgan fingerprint density at radius 1 is 1.29 bits per heavy atom. The Balaban J connectivity index is 1.84. The van der Waals surface area contributed by atoms with Crippen molar-refractivity contribution in [3.8, 4) is 0 Å². The first-order valence-corrected chi connectivity index (χ1v) is 10.7. The van der Waals surface area contributed by atoms with Crippen LogP contribution in [-0.2, 0) is 11.3 Å². The number of nitrogen functional groups attached to an aromatic ring is 1. The normalized spacial score (nSPS) is 12.2. The number of hydrazone groups is 2. The first-order chi connectivity index (χ1) is 16.6. The average Bonchev–Trinajstić information content (AvgIpc) is 2.83. The van der Waals surface area contributed by atoms with Crippen LogP contribution in [0.4, 0.5) is 19.1 Å². The number of nitrogens with zero attached hydrogens (tertiary/aromatic N) is 6. The minimum absolute atomic E-state index is 0.0369. The van der Waals surface area contributed by atoms with E-state index < -0.39 is 18.0 Å². The molecule has 0 aliphatic rings. The summed E-state index contributed by atoms with van der Waals surface area (Å²) in [6, 6.07) is 8.12. The fourth-order valence-corrected chi connectivity index (χ4v) is 3.51. The molecule has 12 heteroatoms. The average molecular weight is 501 g/mol. The van der Waals surface area contributed by atoms with Gasteiger partial charge in [-0.3, -0.25) is 4.99 Å². The summed E-state index contributed by atoms with van der Waals surface area (Å²) in [5, 5.41) is 10.8. The van der Waals surface area contributed by atoms with Crippen molar-refractivity contribution >= 4 is 49.7 Å². The second-order valence-corrected chi connectivity index (χ2v) is 7.91. The monoisotopic (exact) mass is 501 g/mol. The van der Waals surface area contributed by atoms with Crippen molar-refractivity contribution < 1.29 is 17.9 Å². The van der Waals surface area contributed by atoms with Crippen LogP contribution in [0.25, 0.3) is 10.9 Å². The molecule has 182 valence electrons. The molecular weight excluding hydrogens is 478 g/mol. The molecule has 0 aliphatic heterocycles. The second-order valence-electron chi connectivity index (χ2n) is 7.29. The zero-order valence-electron chi connectivity index (χ0n) is 19.0. The lowest BCUT2D eigenvalue weighted by Crippen LogP contribution is -2.19. The summed E-state index contributed by atoms with van der Waals surface area (Å²) in [5.74, 6) is -1.40. The smallest absolute Gasteiger partial charge is 0.294 e. The van der Waals surface area contributed by atoms with Gasteiger partial charge in [-0.15, -0.1) is 9.24 Å². The Hall–Kier alpha value is -3.85. The molecule has 8 nitrogen and oxygen atoms in total. The number of ether oxygens (including phenoxy) is 1. The molecule has 0 radical (unpaired) electrons. The molecule has 1 heterocycles. The maximum atomic E-state index is 14.9. The molecule has 0 spiro atoms. The van der Waals surface area contributed by atoms with Gasteiger partial charge in [0.2, 0.25) is 11.8 Å². The summed E-state index contributed by atoms with van der Waals surface area (Å²) in [6.07, 6.45) is -1.28. The van der Waals surface area contributed by atoms with Crippen LogP contribution < -0.4 is 11.0 Å². The molecule has 1 aromatic heterocycles. The van der Waals surface area contributed by atoms with Crippen LogP contribution in [0.5, 0.6) is 0 Å². The first-order valence-electron chi connectivity index (χ1n) is 10.1. The number of rotatable bonds is 8. The number of aromatic nitrogens is 2. The van der Waals surface area contributed by atoms with Crippen molar-refractivity contribution in [1.29, 1.82) is 0 Å². The third-order valence-corrected chi connectivity index (χ3v) is 5.36. The number of hydrogen-bond donors (Lipinski definition) is 1. The summed E-state index contributed by atoms with van der Waals surface area (Å²) in [7, 11) is 3.75. The molecule has 35 heavy (non-hydrogen) atoms. The minimum Gasteiger partial charge on any atom is -0.438 e. The van der Waals surface area contributed by atoms with Gasteiger partial charge in [-0.25, -0.2) is 23.1 Å². The lowest BCUT2D eigenvalue weighted by atomic mass is 10.1. The van der Waals surface area contributed by atoms with Crippen LogP contribution >= 0.6 is 9.24 Å². The Morgan fingerprint density at radius 2 is 2.03 bits per heavy atom. The molecule has 1 unspecified atom stereocenters. The molecule has 0 amide bonds. The van der Waals surface area contributed by atoms with E-state index in [-0.39, 0.29) is 29.5 Å². The van der Waals surface area contributed by atoms with Crippen molar-refractivity contribution in [1.82, 2.24) is 15.1 Å². The number of halogens is 3. The van der Waals surface area contributed by atoms with E-state index in [1.807, 2.05) is 12.1 Å². The minimum atomic E-state index is -2.90. The topological polar surface area (TPSA) is 101 Å². The number of fused-ring (bicyclic) bond motifs is 1. The van der Waals surface area contributed by atoms with Gasteiger partial charge in [0.15, 0.2) is 5.76 Å². The summed E-state index contributed by atoms with van der Waals surface area (Å²) in [5.41, 5.74) is 8.12. The van der Waals surface area contributed by atoms with Crippen molar-refractivity contribution in [2.75, 3.05) is 12.8 Å². The fraction of sp³-hybridized carbons (Fsp3) is 0.174. The van der Waals surface area contributed by atoms with E-state index >= 15 is 0 Å². The maximum Gasteiger partial charge on any atom is 0.294 e. The molecular formula is C23H23F3N7OP. The van der Waals surface area contributed by atoms with Gasteiger partial charge in [0.1, 0.15) is 5.82 Å². The number of alkyl halides is 2. The van der Waals surface area contributed by atoms with Gasteiger partial charge in [-0.05, 0) is 42.1 Å². The molecule has 0 aliphatic carbocycles. The Labute approximate surface area is 202 Å². The van der Waals surface area contributed by atoms with Crippen molar-refractivity contribution in [2.24, 2.45) is 15.2 Å². The van der Waals surface area contributed by atoms with Crippen molar-refractivity contribution in [2.45, 2.75) is 19.9 Å². The summed E-state index contributed by atoms with van der Waals surface area (Å²) in [6.45, 7) is 8.40. The highest BCUT2D eigenvalue weighted by Gasteiger charge is 2.19. The lowest BCUT2D eigenvalue weighted by Gasteiger charge is -2.17. The predicted molar refractivity (Wildman–Crippen MR) is 136 cm³/mol. The van der Waals surface area contributed by atoms with Gasteiger partial charge in [-0.2, -0.15) is 15.3 Å². The quantitative estimate of drug-likeness (QED) is 0.166. The predicted octanol–water partition coefficient (Wildman–Crippen LogP) is 3.87. The zero-order chi connectivity index (χ0) is 25.7. The highest BCUT2D eigenvalue weighted by atomic mass is 31.0. The van der Waals surface area contributed by atoms with Gasteiger partial charge < -0.3 is 10.5 Å². The van der Waals surface area contributed by atoms with Crippen LogP contribution in [0, 0.1) is 5.82 Å². The number of anilines is 1. The van der Waals surface area contributed by atoms with E-state index in [9.17, 15) is 13.2 Å². The van der Waals surface area contributed by atoms with E-state index in [2.05, 4.69) is 47.7 Å². The standard InChI is InChI=1S/C23H23F3N7OP/c1-12(14-5-6-19-15(7-14)10-30-23(27)31-19)32-33(29-4)11-16-8-20(35)17(9-18(16)24)22(28-3)34-13(2)21(25)26/h5-10,21H,2,4,11,35H2,1,3H3,(H2,27,30,31)/b28-22?,32-12+. The third-order valence-electron chi connectivity index (χ3n) is 4.88. The van der Waals surface area contributed by atoms with Crippen LogP contribution in [-0.4, -0.2) is 46.9 Å². The molecule has 1 atom stereocenters. The Morgan fingerprint density at radius 3 is 2.69 bits per heavy atom. The van der Waals surface area contributed by atoms with Gasteiger partial charge in [0.25, 0.3) is 6.43 Å². The van der Waals surface area contributed by atoms with Crippen molar-refractivity contribution in [3.05, 3.63) is 71.4 Å². The Kier molecular flexibility index (Phi) is 8.14. The maximum absolute atomic E-state index is 14.9. The van der Waals surface area contributed by atoms with Gasteiger partial charge in [0, 0.05) is 36.5 Å². The molecule has 0 saturated carbocycles. The molecule has 0 fully saturated rings. The van der Waals surface area contributed by atoms with Crippen molar-refractivity contribution in [3.63, 3.8) is 0 Å². The second kappa shape index (κ2) is 11.1. The highest BCUT2D eigenvalue weighted by molar-refractivity contribution is 7.27. The van der Waals surface area contributed by atoms with Gasteiger partial charge in [0.05, 0.1) is 17.8 Å². The molecule has 2 N–H and O–H groups in total. The van der Waals surface area contributed by atoms with Gasteiger partial charge >= 0.3 is 0 Å². The summed E-state index contributed by atoms with van der Waals surface area (Å²) in [4.78, 5) is 12.0. The molecule has 0 bridgehead atoms. The third kappa shape index (κ3) is 6.19. The molecule has 0 saturated heterocycles. The number of aliphatic imine (C=N–C) groups is 1. The van der Waals surface area contributed by atoms with Crippen LogP contribution in [0.3, 0.4) is 0 Å². The van der Waals surface area contributed by atoms with E-state index in [1.165, 1.54) is 18.2 Å². The van der Waals surface area contributed by atoms with E-state index in [4.69, 9.17) is 10.5 Å². The van der Waals surface area contributed by atoms with E-state index in [0.29, 0.717) is 16.5 Å². The molecule has 3 rings (SSSR count). The molecule has 3 aromatic rings. The number of hydrogen-bond acceptors (Lipinski definition) is 8. The SMILES string of the molecule is C=NN(Cc1cc(P)c(C(=NC)OC(=C)C(F)F)cc1F)/N=C(\C)c1ccc2nc(N)ncc2c1. The van der Waals surface area contributed by atoms with Gasteiger partial charge in [-0.1, -0.05) is 12.6 Å². The van der Waals surface area contributed by atoms with E-state index in [1.54, 1.807) is 19.2 Å². The van der Waals surface area contributed by atoms with E-state index in [0.717, 1.165) is 17.0 Å². The van der Waals surface area contributed by atoms with Crippen LogP contribution in [0.2, 0.25) is 0 Å². The number of allylic oxidation sites excluding steroid dienone is 1. The number of nitrogens with two attached hydrogens (primary N) is 1. The Bertz CT molecular complexity index is 1340.